The molecule has 0 radical (unpaired) electrons. The summed E-state index contributed by atoms with van der Waals surface area (Å²) >= 11 is 1.35. The number of phenolic OH excluding ortho intramolecular Hbond substituents is 1. The number of carbonyl (C=O) groups is 1. The first kappa shape index (κ1) is 18.0. The fraction of sp³-hybridized carbons (Fsp3) is 0.211. The molecule has 0 aromatic heterocycles. The number of nitrogens with zero attached hydrogens (tertiary/aromatic N) is 3. The summed E-state index contributed by atoms with van der Waals surface area (Å²) in [4.78, 5) is 13.8. The smallest absolute Gasteiger partial charge is 0.239 e. The van der Waals surface area contributed by atoms with Crippen molar-refractivity contribution in [3.05, 3.63) is 59.7 Å². The molecule has 1 N–H and O–H groups in total. The van der Waals surface area contributed by atoms with Crippen LogP contribution in [0.5, 0.6) is 11.5 Å². The lowest BCUT2D eigenvalue weighted by atomic mass is 10.2. The number of thioether (sulfide) groups is 1. The number of phenols is 1. The van der Waals surface area contributed by atoms with Gasteiger partial charge in [-0.2, -0.15) is 5.10 Å². The molecule has 1 aliphatic heterocycles. The number of carbonyl (C=O) groups excluding carboxylic acids is 1. The van der Waals surface area contributed by atoms with Crippen LogP contribution in [-0.4, -0.2) is 39.7 Å². The van der Waals surface area contributed by atoms with E-state index in [4.69, 9.17) is 4.74 Å². The van der Waals surface area contributed by atoms with E-state index in [1.54, 1.807) is 29.2 Å². The van der Waals surface area contributed by atoms with Crippen molar-refractivity contribution < 1.29 is 14.6 Å². The molecule has 1 saturated heterocycles. The lowest BCUT2D eigenvalue weighted by Gasteiger charge is -2.15. The summed E-state index contributed by atoms with van der Waals surface area (Å²) in [6.45, 7) is 2.99. The highest BCUT2D eigenvalue weighted by atomic mass is 32.2. The topological polar surface area (TPSA) is 74.5 Å². The van der Waals surface area contributed by atoms with Gasteiger partial charge in [0.25, 0.3) is 0 Å². The van der Waals surface area contributed by atoms with E-state index in [1.807, 2.05) is 31.2 Å². The number of aromatic hydroxyl groups is 1. The van der Waals surface area contributed by atoms with Crippen LogP contribution in [0.1, 0.15) is 18.1 Å². The largest absolute Gasteiger partial charge is 0.507 e. The van der Waals surface area contributed by atoms with Crippen LogP contribution in [0, 0.1) is 0 Å². The zero-order valence-corrected chi connectivity index (χ0v) is 15.1. The van der Waals surface area contributed by atoms with Crippen molar-refractivity contribution >= 4 is 29.1 Å². The molecule has 6 nitrogen and oxygen atoms in total. The second-order valence-electron chi connectivity index (χ2n) is 5.53. The summed E-state index contributed by atoms with van der Waals surface area (Å²) in [5, 5.41) is 18.5. The van der Waals surface area contributed by atoms with Crippen LogP contribution in [-0.2, 0) is 11.3 Å². The third kappa shape index (κ3) is 4.43. The van der Waals surface area contributed by atoms with Crippen LogP contribution in [0.25, 0.3) is 0 Å². The average Bonchev–Trinajstić information content (AvgIpc) is 2.99. The zero-order valence-electron chi connectivity index (χ0n) is 14.3. The first-order valence-electron chi connectivity index (χ1n) is 8.21. The Morgan fingerprint density at radius 3 is 2.73 bits per heavy atom. The van der Waals surface area contributed by atoms with E-state index in [1.165, 1.54) is 18.0 Å². The van der Waals surface area contributed by atoms with Crippen LogP contribution in [0.4, 0.5) is 0 Å². The Balaban J connectivity index is 1.71. The van der Waals surface area contributed by atoms with Gasteiger partial charge >= 0.3 is 0 Å². The van der Waals surface area contributed by atoms with Gasteiger partial charge in [-0.05, 0) is 36.8 Å². The number of para-hydroxylation sites is 1. The molecule has 0 unspecified atom stereocenters. The van der Waals surface area contributed by atoms with Crippen molar-refractivity contribution in [1.29, 1.82) is 0 Å². The van der Waals surface area contributed by atoms with Crippen LogP contribution in [0.3, 0.4) is 0 Å². The van der Waals surface area contributed by atoms with Crippen molar-refractivity contribution in [2.75, 3.05) is 12.4 Å². The number of rotatable bonds is 6. The molecule has 1 fully saturated rings. The number of amidine groups is 1. The highest BCUT2D eigenvalue weighted by molar-refractivity contribution is 8.15. The minimum atomic E-state index is 0.000364. The van der Waals surface area contributed by atoms with Crippen molar-refractivity contribution in [3.8, 4) is 11.5 Å². The maximum absolute atomic E-state index is 12.2. The molecule has 0 bridgehead atoms. The van der Waals surface area contributed by atoms with E-state index in [-0.39, 0.29) is 11.7 Å². The van der Waals surface area contributed by atoms with Crippen molar-refractivity contribution in [2.45, 2.75) is 13.5 Å². The molecule has 7 heteroatoms. The van der Waals surface area contributed by atoms with Gasteiger partial charge in [-0.15, -0.1) is 5.10 Å². The van der Waals surface area contributed by atoms with E-state index in [0.29, 0.717) is 29.6 Å². The maximum Gasteiger partial charge on any atom is 0.239 e. The number of benzene rings is 2. The maximum atomic E-state index is 12.2. The number of amides is 1. The molecule has 2 aromatic carbocycles. The molecule has 0 atom stereocenters. The summed E-state index contributed by atoms with van der Waals surface area (Å²) < 4.78 is 5.43. The van der Waals surface area contributed by atoms with Gasteiger partial charge in [0.05, 0.1) is 25.1 Å². The molecule has 1 amide bonds. The normalized spacial score (nSPS) is 16.0. The Morgan fingerprint density at radius 1 is 1.23 bits per heavy atom. The van der Waals surface area contributed by atoms with E-state index in [0.717, 1.165) is 11.3 Å². The van der Waals surface area contributed by atoms with Gasteiger partial charge in [-0.3, -0.25) is 9.69 Å². The fourth-order valence-electron chi connectivity index (χ4n) is 2.40. The highest BCUT2D eigenvalue weighted by Crippen LogP contribution is 2.23. The summed E-state index contributed by atoms with van der Waals surface area (Å²) in [6, 6.07) is 14.5. The summed E-state index contributed by atoms with van der Waals surface area (Å²) in [5.74, 6) is 1.29. The van der Waals surface area contributed by atoms with Gasteiger partial charge in [0.2, 0.25) is 5.91 Å². The summed E-state index contributed by atoms with van der Waals surface area (Å²) in [5.41, 5.74) is 1.56. The van der Waals surface area contributed by atoms with E-state index >= 15 is 0 Å². The van der Waals surface area contributed by atoms with Crippen molar-refractivity contribution in [2.24, 2.45) is 10.2 Å². The van der Waals surface area contributed by atoms with Gasteiger partial charge in [0.1, 0.15) is 11.5 Å². The van der Waals surface area contributed by atoms with Crippen LogP contribution < -0.4 is 4.74 Å². The predicted molar refractivity (Wildman–Crippen MR) is 104 cm³/mol. The van der Waals surface area contributed by atoms with Gasteiger partial charge < -0.3 is 9.84 Å². The molecule has 0 aliphatic carbocycles. The highest BCUT2D eigenvalue weighted by Gasteiger charge is 2.28. The van der Waals surface area contributed by atoms with E-state index < -0.39 is 0 Å². The van der Waals surface area contributed by atoms with Crippen molar-refractivity contribution in [3.63, 3.8) is 0 Å². The third-order valence-electron chi connectivity index (χ3n) is 3.71. The second-order valence-corrected chi connectivity index (χ2v) is 6.47. The molecule has 1 heterocycles. The average molecular weight is 369 g/mol. The third-order valence-corrected chi connectivity index (χ3v) is 4.66. The number of ether oxygens (including phenoxy) is 1. The van der Waals surface area contributed by atoms with Crippen LogP contribution in [0.15, 0.2) is 58.7 Å². The molecule has 1 aliphatic rings. The standard InChI is InChI=1S/C19H19N3O3S/c1-2-25-16-9-7-14(8-10-16)12-22-18(24)13-26-19(22)21-20-11-15-5-3-4-6-17(15)23/h3-11,23H,2,12-13H2,1H3/b20-11+,21-19?. The van der Waals surface area contributed by atoms with Gasteiger partial charge in [-0.25, -0.2) is 0 Å². The molecule has 26 heavy (non-hydrogen) atoms. The molecular weight excluding hydrogens is 350 g/mol. The van der Waals surface area contributed by atoms with Gasteiger partial charge in [0, 0.05) is 5.56 Å². The Kier molecular flexibility index (Phi) is 5.91. The van der Waals surface area contributed by atoms with E-state index in [2.05, 4.69) is 10.2 Å². The lowest BCUT2D eigenvalue weighted by molar-refractivity contribution is -0.124. The number of hydrogen-bond acceptors (Lipinski definition) is 6. The molecule has 134 valence electrons. The van der Waals surface area contributed by atoms with E-state index in [9.17, 15) is 9.90 Å². The molecule has 0 spiro atoms. The Hall–Kier alpha value is -2.80. The molecule has 3 rings (SSSR count). The molecular formula is C19H19N3O3S. The Bertz CT molecular complexity index is 834. The molecule has 0 saturated carbocycles. The van der Waals surface area contributed by atoms with Crippen LogP contribution in [0.2, 0.25) is 0 Å². The Morgan fingerprint density at radius 2 is 2.00 bits per heavy atom. The zero-order chi connectivity index (χ0) is 18.4. The van der Waals surface area contributed by atoms with Crippen LogP contribution >= 0.6 is 11.8 Å². The monoisotopic (exact) mass is 369 g/mol. The lowest BCUT2D eigenvalue weighted by Crippen LogP contribution is -2.28. The number of hydrogen-bond donors (Lipinski definition) is 1. The minimum absolute atomic E-state index is 0.000364. The second kappa shape index (κ2) is 8.53. The summed E-state index contributed by atoms with van der Waals surface area (Å²) in [6.07, 6.45) is 1.47. The van der Waals surface area contributed by atoms with Gasteiger partial charge in [-0.1, -0.05) is 36.0 Å². The SMILES string of the molecule is CCOc1ccc(CN2C(=O)CSC2=N/N=C/c2ccccc2O)cc1. The minimum Gasteiger partial charge on any atom is -0.507 e. The Labute approximate surface area is 156 Å². The van der Waals surface area contributed by atoms with Crippen molar-refractivity contribution in [1.82, 2.24) is 4.90 Å². The first-order valence-corrected chi connectivity index (χ1v) is 9.20. The summed E-state index contributed by atoms with van der Waals surface area (Å²) in [7, 11) is 0. The predicted octanol–water partition coefficient (Wildman–Crippen LogP) is 3.26. The van der Waals surface area contributed by atoms with Gasteiger partial charge in [0.15, 0.2) is 5.17 Å². The first-order chi connectivity index (χ1) is 12.7. The molecule has 2 aromatic rings. The quantitative estimate of drug-likeness (QED) is 0.626. The fourth-order valence-corrected chi connectivity index (χ4v) is 3.24.